The minimum absolute atomic E-state index is 0.0414. The highest BCUT2D eigenvalue weighted by molar-refractivity contribution is 7.89. The zero-order chi connectivity index (χ0) is 17.1. The number of sulfonamides is 1. The van der Waals surface area contributed by atoms with E-state index in [1.807, 2.05) is 0 Å². The van der Waals surface area contributed by atoms with Gasteiger partial charge in [0.1, 0.15) is 0 Å². The van der Waals surface area contributed by atoms with Crippen LogP contribution in [-0.2, 0) is 14.8 Å². The van der Waals surface area contributed by atoms with E-state index in [-0.39, 0.29) is 22.9 Å². The first-order valence-electron chi connectivity index (χ1n) is 6.58. The van der Waals surface area contributed by atoms with E-state index in [1.165, 1.54) is 43.1 Å². The van der Waals surface area contributed by atoms with Gasteiger partial charge in [0.15, 0.2) is 0 Å². The summed E-state index contributed by atoms with van der Waals surface area (Å²) in [5, 5.41) is 8.87. The molecule has 7 nitrogen and oxygen atoms in total. The van der Waals surface area contributed by atoms with E-state index < -0.39 is 21.9 Å². The molecule has 1 aromatic rings. The summed E-state index contributed by atoms with van der Waals surface area (Å²) in [5.74, 6) is -2.21. The Labute approximate surface area is 130 Å². The first-order valence-corrected chi connectivity index (χ1v) is 8.02. The Morgan fingerprint density at radius 1 is 1.23 bits per heavy atom. The number of carboxylic acids is 1. The van der Waals surface area contributed by atoms with Crippen molar-refractivity contribution in [3.05, 3.63) is 29.8 Å². The molecule has 22 heavy (non-hydrogen) atoms. The van der Waals surface area contributed by atoms with Gasteiger partial charge in [0.2, 0.25) is 10.0 Å². The summed E-state index contributed by atoms with van der Waals surface area (Å²) in [7, 11) is 0.612. The maximum Gasteiger partial charge on any atom is 0.307 e. The summed E-state index contributed by atoms with van der Waals surface area (Å²) in [5.41, 5.74) is 0.255. The average molecular weight is 328 g/mol. The van der Waals surface area contributed by atoms with E-state index in [1.54, 1.807) is 14.1 Å². The average Bonchev–Trinajstić information content (AvgIpc) is 2.46. The predicted octanol–water partition coefficient (Wildman–Crippen LogP) is 0.730. The summed E-state index contributed by atoms with van der Waals surface area (Å²) >= 11 is 0. The first kappa shape index (κ1) is 18.1. The van der Waals surface area contributed by atoms with Crippen LogP contribution in [0.15, 0.2) is 29.2 Å². The van der Waals surface area contributed by atoms with Crippen molar-refractivity contribution in [2.45, 2.75) is 11.8 Å². The number of nitrogens with zero attached hydrogens (tertiary/aromatic N) is 2. The Bertz CT molecular complexity index is 670. The molecule has 0 fully saturated rings. The van der Waals surface area contributed by atoms with Crippen molar-refractivity contribution in [1.29, 1.82) is 0 Å². The molecule has 1 unspecified atom stereocenters. The number of rotatable bonds is 6. The van der Waals surface area contributed by atoms with E-state index in [9.17, 15) is 18.0 Å². The first-order chi connectivity index (χ1) is 10.1. The third kappa shape index (κ3) is 4.05. The molecule has 1 amide bonds. The lowest BCUT2D eigenvalue weighted by atomic mass is 10.2. The molecular weight excluding hydrogens is 308 g/mol. The lowest BCUT2D eigenvalue weighted by molar-refractivity contribution is -0.141. The predicted molar refractivity (Wildman–Crippen MR) is 81.1 cm³/mol. The summed E-state index contributed by atoms with van der Waals surface area (Å²) < 4.78 is 25.9. The highest BCUT2D eigenvalue weighted by Gasteiger charge is 2.25. The quantitative estimate of drug-likeness (QED) is 0.830. The molecule has 0 radical (unpaired) electrons. The molecule has 0 heterocycles. The lowest BCUT2D eigenvalue weighted by Crippen LogP contribution is -2.34. The molecule has 1 atom stereocenters. The normalized spacial score (nSPS) is 13.0. The molecular formula is C14H20N2O5S. The van der Waals surface area contributed by atoms with Crippen molar-refractivity contribution in [1.82, 2.24) is 9.21 Å². The lowest BCUT2D eigenvalue weighted by Gasteiger charge is -2.19. The minimum Gasteiger partial charge on any atom is -0.481 e. The number of carboxylic acid groups (broad SMARTS) is 1. The highest BCUT2D eigenvalue weighted by atomic mass is 32.2. The van der Waals surface area contributed by atoms with Gasteiger partial charge >= 0.3 is 5.97 Å². The van der Waals surface area contributed by atoms with Crippen LogP contribution in [-0.4, -0.2) is 62.3 Å². The van der Waals surface area contributed by atoms with Crippen molar-refractivity contribution in [3.8, 4) is 0 Å². The Morgan fingerprint density at radius 2 is 1.82 bits per heavy atom. The van der Waals surface area contributed by atoms with Crippen molar-refractivity contribution in [2.24, 2.45) is 5.92 Å². The second kappa shape index (κ2) is 6.89. The molecule has 0 aliphatic heterocycles. The van der Waals surface area contributed by atoms with E-state index in [4.69, 9.17) is 5.11 Å². The van der Waals surface area contributed by atoms with Crippen LogP contribution in [0.2, 0.25) is 0 Å². The van der Waals surface area contributed by atoms with Crippen LogP contribution in [0.5, 0.6) is 0 Å². The zero-order valence-electron chi connectivity index (χ0n) is 13.0. The second-order valence-electron chi connectivity index (χ2n) is 5.25. The number of amides is 1. The number of hydrogen-bond acceptors (Lipinski definition) is 4. The highest BCUT2D eigenvalue weighted by Crippen LogP contribution is 2.18. The van der Waals surface area contributed by atoms with Crippen molar-refractivity contribution in [2.75, 3.05) is 27.7 Å². The van der Waals surface area contributed by atoms with Crippen LogP contribution in [0.3, 0.4) is 0 Å². The van der Waals surface area contributed by atoms with Gasteiger partial charge in [-0.3, -0.25) is 9.59 Å². The number of benzene rings is 1. The Hall–Kier alpha value is -1.93. The number of aliphatic carboxylic acids is 1. The summed E-state index contributed by atoms with van der Waals surface area (Å²) in [6, 6.07) is 5.68. The van der Waals surface area contributed by atoms with Gasteiger partial charge in [-0.1, -0.05) is 13.0 Å². The molecule has 0 bridgehead atoms. The van der Waals surface area contributed by atoms with E-state index in [2.05, 4.69) is 0 Å². The molecule has 1 N–H and O–H groups in total. The molecule has 1 aromatic carbocycles. The van der Waals surface area contributed by atoms with Crippen LogP contribution in [0.25, 0.3) is 0 Å². The van der Waals surface area contributed by atoms with Crippen LogP contribution in [0, 0.1) is 5.92 Å². The molecule has 0 aliphatic rings. The summed E-state index contributed by atoms with van der Waals surface area (Å²) in [6.07, 6.45) is 0. The largest absolute Gasteiger partial charge is 0.481 e. The molecule has 0 saturated carbocycles. The molecule has 0 aromatic heterocycles. The fourth-order valence-corrected chi connectivity index (χ4v) is 3.10. The van der Waals surface area contributed by atoms with Gasteiger partial charge in [-0.05, 0) is 18.2 Å². The van der Waals surface area contributed by atoms with E-state index >= 15 is 0 Å². The Balaban J connectivity index is 3.10. The molecule has 0 saturated heterocycles. The molecule has 122 valence electrons. The zero-order valence-corrected chi connectivity index (χ0v) is 13.8. The smallest absolute Gasteiger partial charge is 0.307 e. The fourth-order valence-electron chi connectivity index (χ4n) is 1.79. The molecule has 8 heteroatoms. The number of carbonyl (C=O) groups excluding carboxylic acids is 1. The number of hydrogen-bond donors (Lipinski definition) is 1. The third-order valence-corrected chi connectivity index (χ3v) is 4.97. The number of carbonyl (C=O) groups is 2. The maximum absolute atomic E-state index is 12.4. The van der Waals surface area contributed by atoms with Crippen molar-refractivity contribution >= 4 is 21.9 Å². The Kier molecular flexibility index (Phi) is 5.67. The van der Waals surface area contributed by atoms with Crippen LogP contribution >= 0.6 is 0 Å². The van der Waals surface area contributed by atoms with Gasteiger partial charge in [0.05, 0.1) is 10.8 Å². The van der Waals surface area contributed by atoms with Crippen molar-refractivity contribution in [3.63, 3.8) is 0 Å². The molecule has 0 spiro atoms. The van der Waals surface area contributed by atoms with Crippen LogP contribution < -0.4 is 0 Å². The Morgan fingerprint density at radius 3 is 2.32 bits per heavy atom. The monoisotopic (exact) mass is 328 g/mol. The van der Waals surface area contributed by atoms with Gasteiger partial charge in [-0.15, -0.1) is 0 Å². The summed E-state index contributed by atoms with van der Waals surface area (Å²) in [4.78, 5) is 24.1. The topological polar surface area (TPSA) is 95.0 Å². The minimum atomic E-state index is -3.85. The SMILES string of the molecule is CC(CN(C)S(=O)(=O)c1cccc(C(=O)N(C)C)c1)C(=O)O. The van der Waals surface area contributed by atoms with Gasteiger partial charge < -0.3 is 10.0 Å². The molecule has 1 rings (SSSR count). The third-order valence-electron chi connectivity index (χ3n) is 3.15. The van der Waals surface area contributed by atoms with Gasteiger partial charge in [-0.2, -0.15) is 0 Å². The standard InChI is InChI=1S/C14H20N2O5S/c1-10(14(18)19)9-16(4)22(20,21)12-7-5-6-11(8-12)13(17)15(2)3/h5-8,10H,9H2,1-4H3,(H,18,19). The van der Waals surface area contributed by atoms with Crippen LogP contribution in [0.1, 0.15) is 17.3 Å². The van der Waals surface area contributed by atoms with Gasteiger partial charge in [-0.25, -0.2) is 12.7 Å². The summed E-state index contributed by atoms with van der Waals surface area (Å²) in [6.45, 7) is 1.28. The molecule has 0 aliphatic carbocycles. The van der Waals surface area contributed by atoms with Gasteiger partial charge in [0.25, 0.3) is 5.91 Å². The van der Waals surface area contributed by atoms with Crippen LogP contribution in [0.4, 0.5) is 0 Å². The van der Waals surface area contributed by atoms with Gasteiger partial charge in [0, 0.05) is 33.3 Å². The second-order valence-corrected chi connectivity index (χ2v) is 7.30. The van der Waals surface area contributed by atoms with Crippen molar-refractivity contribution < 1.29 is 23.1 Å². The maximum atomic E-state index is 12.4. The van der Waals surface area contributed by atoms with E-state index in [0.717, 1.165) is 4.31 Å². The van der Waals surface area contributed by atoms with E-state index in [0.29, 0.717) is 0 Å². The fraction of sp³-hybridized carbons (Fsp3) is 0.429.